The first-order valence-corrected chi connectivity index (χ1v) is 9.29. The zero-order valence-corrected chi connectivity index (χ0v) is 14.6. The predicted octanol–water partition coefficient (Wildman–Crippen LogP) is 4.90. The lowest BCUT2D eigenvalue weighted by atomic mass is 10.1. The average molecular weight is 350 g/mol. The average Bonchev–Trinajstić information content (AvgIpc) is 2.63. The molecular weight excluding hydrogens is 332 g/mol. The molecule has 0 aliphatic heterocycles. The van der Waals surface area contributed by atoms with Crippen LogP contribution in [0.1, 0.15) is 16.7 Å². The van der Waals surface area contributed by atoms with Crippen molar-refractivity contribution in [2.24, 2.45) is 0 Å². The Labute approximate surface area is 148 Å². The first-order chi connectivity index (χ1) is 12.0. The molecular formula is C21H18O3S. The molecule has 3 rings (SSSR count). The minimum Gasteiger partial charge on any atom is -0.378 e. The molecule has 0 amide bonds. The molecule has 0 spiro atoms. The summed E-state index contributed by atoms with van der Waals surface area (Å²) in [4.78, 5) is 0.132. The van der Waals surface area contributed by atoms with Gasteiger partial charge in [0.15, 0.2) is 5.76 Å². The van der Waals surface area contributed by atoms with E-state index >= 15 is 0 Å². The Bertz CT molecular complexity index is 959. The van der Waals surface area contributed by atoms with Crippen molar-refractivity contribution in [2.75, 3.05) is 0 Å². The molecule has 0 radical (unpaired) electrons. The molecule has 0 atom stereocenters. The van der Waals surface area contributed by atoms with E-state index in [1.807, 2.05) is 67.6 Å². The monoisotopic (exact) mass is 350 g/mol. The van der Waals surface area contributed by atoms with Gasteiger partial charge in [-0.2, -0.15) is 8.42 Å². The van der Waals surface area contributed by atoms with E-state index in [1.54, 1.807) is 30.3 Å². The molecule has 0 aromatic heterocycles. The number of hydrogen-bond donors (Lipinski definition) is 0. The van der Waals surface area contributed by atoms with E-state index in [1.165, 1.54) is 0 Å². The van der Waals surface area contributed by atoms with Crippen molar-refractivity contribution < 1.29 is 12.6 Å². The van der Waals surface area contributed by atoms with Crippen molar-refractivity contribution in [3.8, 4) is 0 Å². The second-order valence-corrected chi connectivity index (χ2v) is 7.18. The molecule has 0 saturated carbocycles. The van der Waals surface area contributed by atoms with E-state index in [0.717, 1.165) is 11.1 Å². The van der Waals surface area contributed by atoms with Crippen molar-refractivity contribution in [2.45, 2.75) is 11.8 Å². The molecule has 0 N–H and O–H groups in total. The summed E-state index contributed by atoms with van der Waals surface area (Å²) in [6.45, 7) is 1.90. The van der Waals surface area contributed by atoms with Gasteiger partial charge in [-0.15, -0.1) is 0 Å². The second kappa shape index (κ2) is 7.36. The summed E-state index contributed by atoms with van der Waals surface area (Å²) in [5.74, 6) is 0.285. The van der Waals surface area contributed by atoms with Crippen molar-refractivity contribution in [1.82, 2.24) is 0 Å². The molecule has 0 aliphatic rings. The molecule has 0 fully saturated rings. The highest BCUT2D eigenvalue weighted by molar-refractivity contribution is 7.87. The van der Waals surface area contributed by atoms with Crippen LogP contribution in [0.2, 0.25) is 0 Å². The van der Waals surface area contributed by atoms with Gasteiger partial charge in [-0.3, -0.25) is 0 Å². The first-order valence-electron chi connectivity index (χ1n) is 7.88. The lowest BCUT2D eigenvalue weighted by molar-refractivity contribution is 0.465. The van der Waals surface area contributed by atoms with Gasteiger partial charge in [0, 0.05) is 5.56 Å². The normalized spacial score (nSPS) is 12.0. The van der Waals surface area contributed by atoms with Crippen LogP contribution >= 0.6 is 0 Å². The van der Waals surface area contributed by atoms with Crippen LogP contribution in [-0.2, 0) is 14.3 Å². The smallest absolute Gasteiger partial charge is 0.339 e. The molecule has 0 bridgehead atoms. The maximum atomic E-state index is 12.7. The largest absolute Gasteiger partial charge is 0.378 e. The molecule has 126 valence electrons. The van der Waals surface area contributed by atoms with Crippen molar-refractivity contribution in [3.05, 3.63) is 102 Å². The molecule has 0 saturated heterocycles. The highest BCUT2D eigenvalue weighted by atomic mass is 32.2. The SMILES string of the molecule is Cc1ccc(S(=O)(=O)O/C(=C/c2ccccc2)c2ccccc2)cc1. The Kier molecular flexibility index (Phi) is 5.00. The van der Waals surface area contributed by atoms with Gasteiger partial charge in [-0.1, -0.05) is 78.4 Å². The van der Waals surface area contributed by atoms with E-state index in [2.05, 4.69) is 0 Å². The van der Waals surface area contributed by atoms with E-state index in [-0.39, 0.29) is 10.7 Å². The van der Waals surface area contributed by atoms with Crippen LogP contribution < -0.4 is 0 Å². The highest BCUT2D eigenvalue weighted by Crippen LogP contribution is 2.25. The fraction of sp³-hybridized carbons (Fsp3) is 0.0476. The van der Waals surface area contributed by atoms with Gasteiger partial charge < -0.3 is 4.18 Å². The molecule has 3 aromatic rings. The fourth-order valence-electron chi connectivity index (χ4n) is 2.33. The number of rotatable bonds is 5. The Morgan fingerprint density at radius 2 is 1.36 bits per heavy atom. The molecule has 0 heterocycles. The quantitative estimate of drug-likeness (QED) is 0.373. The van der Waals surface area contributed by atoms with Gasteiger partial charge in [-0.25, -0.2) is 0 Å². The lowest BCUT2D eigenvalue weighted by Crippen LogP contribution is -2.06. The zero-order valence-electron chi connectivity index (χ0n) is 13.8. The van der Waals surface area contributed by atoms with Crippen LogP contribution in [-0.4, -0.2) is 8.42 Å². The van der Waals surface area contributed by atoms with E-state index in [4.69, 9.17) is 4.18 Å². The summed E-state index contributed by atoms with van der Waals surface area (Å²) >= 11 is 0. The summed E-state index contributed by atoms with van der Waals surface area (Å²) in [7, 11) is -3.91. The van der Waals surface area contributed by atoms with E-state index in [9.17, 15) is 8.42 Å². The maximum absolute atomic E-state index is 12.7. The van der Waals surface area contributed by atoms with Crippen molar-refractivity contribution >= 4 is 22.0 Å². The molecule has 4 heteroatoms. The fourth-order valence-corrected chi connectivity index (χ4v) is 3.28. The third-order valence-electron chi connectivity index (χ3n) is 3.66. The van der Waals surface area contributed by atoms with Crippen LogP contribution in [0.5, 0.6) is 0 Å². The minimum atomic E-state index is -3.91. The predicted molar refractivity (Wildman–Crippen MR) is 100 cm³/mol. The van der Waals surface area contributed by atoms with Gasteiger partial charge in [-0.05, 0) is 30.7 Å². The number of aryl methyl sites for hydroxylation is 1. The van der Waals surface area contributed by atoms with Gasteiger partial charge in [0.05, 0.1) is 0 Å². The summed E-state index contributed by atoms with van der Waals surface area (Å²) in [6.07, 6.45) is 1.72. The van der Waals surface area contributed by atoms with Gasteiger partial charge in [0.2, 0.25) is 0 Å². The highest BCUT2D eigenvalue weighted by Gasteiger charge is 2.19. The Morgan fingerprint density at radius 1 is 0.800 bits per heavy atom. The van der Waals surface area contributed by atoms with Crippen LogP contribution in [0, 0.1) is 6.92 Å². The maximum Gasteiger partial charge on any atom is 0.339 e. The van der Waals surface area contributed by atoms with Crippen molar-refractivity contribution in [3.63, 3.8) is 0 Å². The van der Waals surface area contributed by atoms with E-state index < -0.39 is 10.1 Å². The molecule has 3 nitrogen and oxygen atoms in total. The van der Waals surface area contributed by atoms with Gasteiger partial charge >= 0.3 is 10.1 Å². The second-order valence-electron chi connectivity index (χ2n) is 5.64. The first kappa shape index (κ1) is 17.0. The molecule has 25 heavy (non-hydrogen) atoms. The molecule has 0 unspecified atom stereocenters. The van der Waals surface area contributed by atoms with E-state index in [0.29, 0.717) is 5.56 Å². The summed E-state index contributed by atoms with van der Waals surface area (Å²) in [6, 6.07) is 25.3. The van der Waals surface area contributed by atoms with Crippen LogP contribution in [0.4, 0.5) is 0 Å². The van der Waals surface area contributed by atoms with Gasteiger partial charge in [0.1, 0.15) is 4.90 Å². The summed E-state index contributed by atoms with van der Waals surface area (Å²) < 4.78 is 30.8. The Morgan fingerprint density at radius 3 is 1.96 bits per heavy atom. The molecule has 3 aromatic carbocycles. The topological polar surface area (TPSA) is 43.4 Å². The van der Waals surface area contributed by atoms with Crippen molar-refractivity contribution in [1.29, 1.82) is 0 Å². The summed E-state index contributed by atoms with van der Waals surface area (Å²) in [5.41, 5.74) is 2.55. The number of benzene rings is 3. The van der Waals surface area contributed by atoms with Crippen LogP contribution in [0.15, 0.2) is 89.8 Å². The Balaban J connectivity index is 2.01. The van der Waals surface area contributed by atoms with Gasteiger partial charge in [0.25, 0.3) is 0 Å². The minimum absolute atomic E-state index is 0.132. The zero-order chi connectivity index (χ0) is 17.7. The number of hydrogen-bond acceptors (Lipinski definition) is 3. The lowest BCUT2D eigenvalue weighted by Gasteiger charge is -2.11. The van der Waals surface area contributed by atoms with Crippen LogP contribution in [0.3, 0.4) is 0 Å². The molecule has 0 aliphatic carbocycles. The third-order valence-corrected chi connectivity index (χ3v) is 4.91. The summed E-state index contributed by atoms with van der Waals surface area (Å²) in [5, 5.41) is 0. The van der Waals surface area contributed by atoms with Crippen LogP contribution in [0.25, 0.3) is 11.8 Å². The standard InChI is InChI=1S/C21H18O3S/c1-17-12-14-20(15-13-17)25(22,23)24-21(19-10-6-3-7-11-19)16-18-8-4-2-5-9-18/h2-16H,1H3/b21-16+. The Hall–Kier alpha value is -2.85. The third kappa shape index (κ3) is 4.37.